The molecule has 0 fully saturated rings. The zero-order chi connectivity index (χ0) is 12.8. The summed E-state index contributed by atoms with van der Waals surface area (Å²) < 4.78 is 5.82. The third-order valence-electron chi connectivity index (χ3n) is 2.87. The first-order valence-corrected chi connectivity index (χ1v) is 6.39. The summed E-state index contributed by atoms with van der Waals surface area (Å²) in [4.78, 5) is 0. The highest BCUT2D eigenvalue weighted by Gasteiger charge is 2.04. The Hall–Kier alpha value is -1.02. The Bertz CT molecular complexity index is 333. The zero-order valence-electron chi connectivity index (χ0n) is 11.4. The maximum Gasteiger partial charge on any atom is 0.125 e. The van der Waals surface area contributed by atoms with Crippen molar-refractivity contribution < 1.29 is 9.84 Å². The Balaban J connectivity index is 2.42. The largest absolute Gasteiger partial charge is 0.493 e. The monoisotopic (exact) mass is 236 g/mol. The molecule has 0 aliphatic rings. The summed E-state index contributed by atoms with van der Waals surface area (Å²) in [7, 11) is 0. The van der Waals surface area contributed by atoms with Crippen molar-refractivity contribution in [2.75, 3.05) is 6.61 Å². The second kappa shape index (κ2) is 6.65. The number of aliphatic hydroxyl groups excluding tert-OH is 1. The molecule has 0 aromatic heterocycles. The van der Waals surface area contributed by atoms with Gasteiger partial charge in [-0.15, -0.1) is 0 Å². The zero-order valence-corrected chi connectivity index (χ0v) is 11.4. The number of unbranched alkanes of at least 4 members (excludes halogenated alkanes) is 1. The highest BCUT2D eigenvalue weighted by atomic mass is 16.5. The van der Waals surface area contributed by atoms with Crippen molar-refractivity contribution in [1.82, 2.24) is 0 Å². The summed E-state index contributed by atoms with van der Waals surface area (Å²) in [6, 6.07) is 4.30. The molecular formula is C15H24O2. The van der Waals surface area contributed by atoms with Gasteiger partial charge in [0, 0.05) is 0 Å². The predicted octanol–water partition coefficient (Wildman–Crippen LogP) is 3.54. The van der Waals surface area contributed by atoms with Crippen molar-refractivity contribution in [3.05, 3.63) is 28.8 Å². The normalized spacial score (nSPS) is 12.5. The summed E-state index contributed by atoms with van der Waals surface area (Å²) in [5.74, 6) is 1.02. The SMILES string of the molecule is Cc1cc(C)c(OCCCCC(C)O)c(C)c1. The molecule has 0 aliphatic heterocycles. The van der Waals surface area contributed by atoms with Crippen molar-refractivity contribution in [2.24, 2.45) is 0 Å². The number of aliphatic hydroxyl groups is 1. The Morgan fingerprint density at radius 3 is 2.24 bits per heavy atom. The lowest BCUT2D eigenvalue weighted by atomic mass is 10.1. The Labute approximate surface area is 105 Å². The van der Waals surface area contributed by atoms with Crippen LogP contribution in [0, 0.1) is 20.8 Å². The molecule has 1 aromatic carbocycles. The van der Waals surface area contributed by atoms with E-state index in [4.69, 9.17) is 9.84 Å². The van der Waals surface area contributed by atoms with Crippen LogP contribution in [0.4, 0.5) is 0 Å². The number of rotatable bonds is 6. The van der Waals surface area contributed by atoms with Gasteiger partial charge in [0.1, 0.15) is 5.75 Å². The maximum absolute atomic E-state index is 9.15. The summed E-state index contributed by atoms with van der Waals surface area (Å²) >= 11 is 0. The van der Waals surface area contributed by atoms with Crippen LogP contribution in [0.1, 0.15) is 42.9 Å². The molecule has 1 N–H and O–H groups in total. The van der Waals surface area contributed by atoms with Crippen LogP contribution in [-0.2, 0) is 0 Å². The van der Waals surface area contributed by atoms with Crippen LogP contribution < -0.4 is 4.74 Å². The van der Waals surface area contributed by atoms with E-state index in [1.54, 1.807) is 0 Å². The molecule has 0 bridgehead atoms. The fourth-order valence-corrected chi connectivity index (χ4v) is 2.11. The van der Waals surface area contributed by atoms with Crippen LogP contribution in [-0.4, -0.2) is 17.8 Å². The van der Waals surface area contributed by atoms with Gasteiger partial charge < -0.3 is 9.84 Å². The van der Waals surface area contributed by atoms with Gasteiger partial charge in [-0.3, -0.25) is 0 Å². The van der Waals surface area contributed by atoms with Crippen molar-refractivity contribution in [1.29, 1.82) is 0 Å². The van der Waals surface area contributed by atoms with Gasteiger partial charge in [-0.25, -0.2) is 0 Å². The van der Waals surface area contributed by atoms with E-state index in [-0.39, 0.29) is 6.10 Å². The quantitative estimate of drug-likeness (QED) is 0.765. The van der Waals surface area contributed by atoms with Gasteiger partial charge in [0.25, 0.3) is 0 Å². The van der Waals surface area contributed by atoms with E-state index in [2.05, 4.69) is 32.9 Å². The lowest BCUT2D eigenvalue weighted by Gasteiger charge is -2.13. The number of hydrogen-bond donors (Lipinski definition) is 1. The first-order chi connectivity index (χ1) is 8.00. The fourth-order valence-electron chi connectivity index (χ4n) is 2.11. The van der Waals surface area contributed by atoms with Crippen molar-refractivity contribution in [3.8, 4) is 5.75 Å². The Morgan fingerprint density at radius 1 is 1.12 bits per heavy atom. The van der Waals surface area contributed by atoms with Crippen molar-refractivity contribution in [3.63, 3.8) is 0 Å². The first kappa shape index (κ1) is 14.0. The summed E-state index contributed by atoms with van der Waals surface area (Å²) in [6.07, 6.45) is 2.67. The average Bonchev–Trinajstić information content (AvgIpc) is 2.20. The second-order valence-corrected chi connectivity index (χ2v) is 4.92. The molecule has 0 radical (unpaired) electrons. The van der Waals surface area contributed by atoms with Crippen molar-refractivity contribution >= 4 is 0 Å². The van der Waals surface area contributed by atoms with E-state index in [0.29, 0.717) is 0 Å². The highest BCUT2D eigenvalue weighted by molar-refractivity contribution is 5.42. The number of benzene rings is 1. The number of hydrogen-bond acceptors (Lipinski definition) is 2. The molecule has 0 amide bonds. The van der Waals surface area contributed by atoms with Crippen molar-refractivity contribution in [2.45, 2.75) is 53.1 Å². The lowest BCUT2D eigenvalue weighted by Crippen LogP contribution is -2.04. The van der Waals surface area contributed by atoms with E-state index in [0.717, 1.165) is 31.6 Å². The molecule has 0 spiro atoms. The topological polar surface area (TPSA) is 29.5 Å². The minimum absolute atomic E-state index is 0.196. The standard InChI is InChI=1S/C15H24O2/c1-11-9-12(2)15(13(3)10-11)17-8-6-5-7-14(4)16/h9-10,14,16H,5-8H2,1-4H3. The highest BCUT2D eigenvalue weighted by Crippen LogP contribution is 2.24. The van der Waals surface area contributed by atoms with Crippen LogP contribution in [0.5, 0.6) is 5.75 Å². The van der Waals surface area contributed by atoms with Crippen LogP contribution in [0.15, 0.2) is 12.1 Å². The summed E-state index contributed by atoms with van der Waals surface area (Å²) in [5.41, 5.74) is 3.69. The number of aryl methyl sites for hydroxylation is 3. The van der Waals surface area contributed by atoms with Gasteiger partial charge in [-0.2, -0.15) is 0 Å². The molecular weight excluding hydrogens is 212 g/mol. The van der Waals surface area contributed by atoms with Crippen LogP contribution in [0.25, 0.3) is 0 Å². The van der Waals surface area contributed by atoms with Crippen LogP contribution in [0.2, 0.25) is 0 Å². The lowest BCUT2D eigenvalue weighted by molar-refractivity contribution is 0.177. The van der Waals surface area contributed by atoms with E-state index in [9.17, 15) is 0 Å². The molecule has 96 valence electrons. The van der Waals surface area contributed by atoms with E-state index < -0.39 is 0 Å². The fraction of sp³-hybridized carbons (Fsp3) is 0.600. The molecule has 0 saturated carbocycles. The molecule has 0 aliphatic carbocycles. The molecule has 0 saturated heterocycles. The van der Waals surface area contributed by atoms with E-state index in [1.807, 2.05) is 6.92 Å². The molecule has 1 atom stereocenters. The third-order valence-corrected chi connectivity index (χ3v) is 2.87. The first-order valence-electron chi connectivity index (χ1n) is 6.39. The molecule has 2 nitrogen and oxygen atoms in total. The second-order valence-electron chi connectivity index (χ2n) is 4.92. The van der Waals surface area contributed by atoms with Gasteiger partial charge in [0.05, 0.1) is 12.7 Å². The predicted molar refractivity (Wildman–Crippen MR) is 71.7 cm³/mol. The minimum Gasteiger partial charge on any atom is -0.493 e. The maximum atomic E-state index is 9.15. The van der Waals surface area contributed by atoms with E-state index in [1.165, 1.54) is 16.7 Å². The Morgan fingerprint density at radius 2 is 1.71 bits per heavy atom. The molecule has 1 unspecified atom stereocenters. The summed E-state index contributed by atoms with van der Waals surface area (Å²) in [5, 5.41) is 9.15. The molecule has 0 heterocycles. The molecule has 1 aromatic rings. The van der Waals surface area contributed by atoms with Gasteiger partial charge >= 0.3 is 0 Å². The van der Waals surface area contributed by atoms with Crippen LogP contribution in [0.3, 0.4) is 0 Å². The van der Waals surface area contributed by atoms with Gasteiger partial charge in [-0.05, 0) is 58.1 Å². The third kappa shape index (κ3) is 4.78. The van der Waals surface area contributed by atoms with Gasteiger partial charge in [-0.1, -0.05) is 17.7 Å². The van der Waals surface area contributed by atoms with Crippen LogP contribution >= 0.6 is 0 Å². The average molecular weight is 236 g/mol. The molecule has 1 rings (SSSR count). The molecule has 2 heteroatoms. The van der Waals surface area contributed by atoms with Gasteiger partial charge in [0.2, 0.25) is 0 Å². The minimum atomic E-state index is -0.196. The molecule has 17 heavy (non-hydrogen) atoms. The summed E-state index contributed by atoms with van der Waals surface area (Å²) in [6.45, 7) is 8.84. The van der Waals surface area contributed by atoms with Gasteiger partial charge in [0.15, 0.2) is 0 Å². The smallest absolute Gasteiger partial charge is 0.125 e. The Kier molecular flexibility index (Phi) is 5.49. The number of ether oxygens (including phenoxy) is 1. The van der Waals surface area contributed by atoms with E-state index >= 15 is 0 Å².